The summed E-state index contributed by atoms with van der Waals surface area (Å²) in [5, 5.41) is 11.1. The molecule has 0 spiro atoms. The highest BCUT2D eigenvalue weighted by molar-refractivity contribution is 7.94. The van der Waals surface area contributed by atoms with Gasteiger partial charge in [-0.05, 0) is 26.3 Å². The summed E-state index contributed by atoms with van der Waals surface area (Å²) in [6.45, 7) is 4.82. The average molecular weight is 343 g/mol. The van der Waals surface area contributed by atoms with Gasteiger partial charge in [0.05, 0.1) is 0 Å². The van der Waals surface area contributed by atoms with Gasteiger partial charge in [-0.2, -0.15) is 0 Å². The molecule has 23 heavy (non-hydrogen) atoms. The molecule has 0 saturated carbocycles. The number of aliphatic carboxylic acids is 1. The van der Waals surface area contributed by atoms with Crippen LogP contribution in [0.4, 0.5) is 10.7 Å². The highest BCUT2D eigenvalue weighted by Gasteiger charge is 2.29. The molecule has 0 aliphatic heterocycles. The maximum absolute atomic E-state index is 12.0. The number of allylic oxidation sites excluding steroid dienone is 1. The molecule has 11 heteroatoms. The lowest BCUT2D eigenvalue weighted by Gasteiger charge is -2.10. The fourth-order valence-corrected chi connectivity index (χ4v) is 2.78. The lowest BCUT2D eigenvalue weighted by Crippen LogP contribution is -2.38. The van der Waals surface area contributed by atoms with Crippen molar-refractivity contribution in [2.24, 2.45) is 5.73 Å². The first-order chi connectivity index (χ1) is 10.6. The van der Waals surface area contributed by atoms with Crippen molar-refractivity contribution in [3.63, 3.8) is 0 Å². The molecule has 0 unspecified atom stereocenters. The number of rotatable bonds is 5. The molecule has 2 amide bonds. The molecule has 1 rings (SSSR count). The van der Waals surface area contributed by atoms with Crippen molar-refractivity contribution < 1.29 is 23.1 Å². The van der Waals surface area contributed by atoms with Crippen LogP contribution in [0, 0.1) is 13.8 Å². The quantitative estimate of drug-likeness (QED) is 0.551. The molecular weight excluding hydrogens is 326 g/mol. The van der Waals surface area contributed by atoms with Gasteiger partial charge in [-0.1, -0.05) is 6.92 Å². The Hall–Kier alpha value is -2.69. The van der Waals surface area contributed by atoms with Gasteiger partial charge in [0.15, 0.2) is 4.91 Å². The first-order valence-corrected chi connectivity index (χ1v) is 7.93. The van der Waals surface area contributed by atoms with Crippen LogP contribution in [0.15, 0.2) is 16.7 Å². The summed E-state index contributed by atoms with van der Waals surface area (Å²) in [5.41, 5.74) is 6.15. The van der Waals surface area contributed by atoms with Crippen LogP contribution < -0.4 is 15.8 Å². The number of urea groups is 1. The summed E-state index contributed by atoms with van der Waals surface area (Å²) >= 11 is 0. The van der Waals surface area contributed by atoms with Crippen LogP contribution in [-0.2, 0) is 14.8 Å². The van der Waals surface area contributed by atoms with Crippen molar-refractivity contribution in [1.29, 1.82) is 0 Å². The first-order valence-electron chi connectivity index (χ1n) is 6.44. The number of nitrogens with one attached hydrogen (secondary N) is 2. The fraction of sp³-hybridized carbons (Fsp3) is 0.333. The SMILES string of the molecule is CCC(N)=C(C(=O)O)S(=O)(=O)NC(=O)Nc1nc(C)cc(C)n1. The standard InChI is InChI=1S/C12H17N5O5S/c1-4-8(13)9(10(18)19)23(21,22)17-12(20)16-11-14-6(2)5-7(3)15-11/h5H,4,13H2,1-3H3,(H,18,19)(H2,14,15,16,17,20). The van der Waals surface area contributed by atoms with E-state index < -0.39 is 26.9 Å². The number of hydrogen-bond acceptors (Lipinski definition) is 7. The molecule has 1 aromatic heterocycles. The summed E-state index contributed by atoms with van der Waals surface area (Å²) in [6, 6.07) is 0.463. The van der Waals surface area contributed by atoms with Crippen molar-refractivity contribution >= 4 is 28.0 Å². The van der Waals surface area contributed by atoms with Gasteiger partial charge >= 0.3 is 12.0 Å². The number of aryl methyl sites for hydroxylation is 2. The van der Waals surface area contributed by atoms with Crippen LogP contribution >= 0.6 is 0 Å². The number of carboxylic acids is 1. The van der Waals surface area contributed by atoms with Gasteiger partial charge in [0.1, 0.15) is 0 Å². The van der Waals surface area contributed by atoms with Crippen molar-refractivity contribution in [3.05, 3.63) is 28.1 Å². The van der Waals surface area contributed by atoms with Gasteiger partial charge in [0.2, 0.25) is 5.95 Å². The Morgan fingerprint density at radius 2 is 1.78 bits per heavy atom. The Labute approximate surface area is 132 Å². The van der Waals surface area contributed by atoms with E-state index in [0.29, 0.717) is 11.4 Å². The summed E-state index contributed by atoms with van der Waals surface area (Å²) in [5.74, 6) is -1.87. The number of sulfonamides is 1. The molecule has 0 saturated heterocycles. The molecule has 0 radical (unpaired) electrons. The van der Waals surface area contributed by atoms with E-state index in [1.807, 2.05) is 0 Å². The van der Waals surface area contributed by atoms with Crippen molar-refractivity contribution in [2.45, 2.75) is 27.2 Å². The van der Waals surface area contributed by atoms with Gasteiger partial charge in [-0.3, -0.25) is 5.32 Å². The number of hydrogen-bond donors (Lipinski definition) is 4. The highest BCUT2D eigenvalue weighted by Crippen LogP contribution is 2.11. The second-order valence-corrected chi connectivity index (χ2v) is 6.17. The number of nitrogens with zero attached hydrogens (tertiary/aromatic N) is 2. The van der Waals surface area contributed by atoms with Crippen LogP contribution in [0.25, 0.3) is 0 Å². The number of amides is 2. The second-order valence-electron chi connectivity index (χ2n) is 4.55. The minimum Gasteiger partial charge on any atom is -0.477 e. The van der Waals surface area contributed by atoms with Gasteiger partial charge < -0.3 is 10.8 Å². The number of carbonyl (C=O) groups is 2. The van der Waals surface area contributed by atoms with E-state index in [4.69, 9.17) is 10.8 Å². The lowest BCUT2D eigenvalue weighted by molar-refractivity contribution is -0.131. The van der Waals surface area contributed by atoms with Crippen molar-refractivity contribution in [2.75, 3.05) is 5.32 Å². The van der Waals surface area contributed by atoms with E-state index in [1.54, 1.807) is 24.6 Å². The maximum atomic E-state index is 12.0. The molecule has 0 bridgehead atoms. The molecule has 126 valence electrons. The van der Waals surface area contributed by atoms with Crippen LogP contribution in [-0.4, -0.2) is 35.5 Å². The average Bonchev–Trinajstić information content (AvgIpc) is 2.35. The van der Waals surface area contributed by atoms with Crippen molar-refractivity contribution in [1.82, 2.24) is 14.7 Å². The number of nitrogens with two attached hydrogens (primary N) is 1. The molecule has 0 fully saturated rings. The molecule has 5 N–H and O–H groups in total. The van der Waals surface area contributed by atoms with Crippen LogP contribution in [0.5, 0.6) is 0 Å². The van der Waals surface area contributed by atoms with E-state index in [2.05, 4.69) is 15.3 Å². The first kappa shape index (κ1) is 18.4. The Balaban J connectivity index is 3.01. The minimum absolute atomic E-state index is 0.00958. The normalized spacial score (nSPS) is 12.3. The zero-order chi connectivity index (χ0) is 17.8. The zero-order valence-electron chi connectivity index (χ0n) is 12.7. The summed E-state index contributed by atoms with van der Waals surface area (Å²) in [4.78, 5) is 29.5. The molecule has 1 heterocycles. The van der Waals surface area contributed by atoms with E-state index in [0.717, 1.165) is 0 Å². The predicted octanol–water partition coefficient (Wildman–Crippen LogP) is 0.210. The van der Waals surface area contributed by atoms with Crippen LogP contribution in [0.3, 0.4) is 0 Å². The molecule has 10 nitrogen and oxygen atoms in total. The number of carbonyl (C=O) groups excluding carboxylic acids is 1. The molecule has 0 aromatic carbocycles. The maximum Gasteiger partial charge on any atom is 0.351 e. The third kappa shape index (κ3) is 4.92. The lowest BCUT2D eigenvalue weighted by atomic mass is 10.3. The van der Waals surface area contributed by atoms with Gasteiger partial charge in [0, 0.05) is 17.1 Å². The minimum atomic E-state index is -4.64. The van der Waals surface area contributed by atoms with Gasteiger partial charge in [-0.15, -0.1) is 0 Å². The Morgan fingerprint density at radius 1 is 1.26 bits per heavy atom. The topological polar surface area (TPSA) is 164 Å². The molecule has 0 aliphatic rings. The van der Waals surface area contributed by atoms with E-state index in [1.165, 1.54) is 6.92 Å². The van der Waals surface area contributed by atoms with E-state index in [9.17, 15) is 18.0 Å². The smallest absolute Gasteiger partial charge is 0.351 e. The molecule has 0 aliphatic carbocycles. The summed E-state index contributed by atoms with van der Waals surface area (Å²) < 4.78 is 25.5. The van der Waals surface area contributed by atoms with Gasteiger partial charge in [0.25, 0.3) is 10.0 Å². The number of aromatic nitrogens is 2. The Morgan fingerprint density at radius 3 is 2.22 bits per heavy atom. The van der Waals surface area contributed by atoms with E-state index >= 15 is 0 Å². The number of carboxylic acid groups (broad SMARTS) is 1. The summed E-state index contributed by atoms with van der Waals surface area (Å²) in [7, 11) is -4.64. The second kappa shape index (κ2) is 7.05. The zero-order valence-corrected chi connectivity index (χ0v) is 13.6. The van der Waals surface area contributed by atoms with E-state index in [-0.39, 0.29) is 18.1 Å². The predicted molar refractivity (Wildman–Crippen MR) is 81.7 cm³/mol. The van der Waals surface area contributed by atoms with Crippen LogP contribution in [0.2, 0.25) is 0 Å². The molecule has 1 aromatic rings. The monoisotopic (exact) mass is 343 g/mol. The third-order valence-corrected chi connectivity index (χ3v) is 4.00. The Kier molecular flexibility index (Phi) is 5.62. The molecule has 0 atom stereocenters. The summed E-state index contributed by atoms with van der Waals surface area (Å²) in [6.07, 6.45) is -0.00958. The van der Waals surface area contributed by atoms with Crippen molar-refractivity contribution in [3.8, 4) is 0 Å². The van der Waals surface area contributed by atoms with Crippen LogP contribution in [0.1, 0.15) is 24.7 Å². The number of anilines is 1. The third-order valence-electron chi connectivity index (χ3n) is 2.57. The highest BCUT2D eigenvalue weighted by atomic mass is 32.2. The fourth-order valence-electron chi connectivity index (χ4n) is 1.67. The molecular formula is C12H17N5O5S. The van der Waals surface area contributed by atoms with Gasteiger partial charge in [-0.25, -0.2) is 32.7 Å². The Bertz CT molecular complexity index is 752. The largest absolute Gasteiger partial charge is 0.477 e.